The van der Waals surface area contributed by atoms with Gasteiger partial charge in [0.25, 0.3) is 0 Å². The van der Waals surface area contributed by atoms with Crippen LogP contribution in [0.1, 0.15) is 13.3 Å². The number of benzene rings is 1. The molecule has 1 heterocycles. The van der Waals surface area contributed by atoms with Gasteiger partial charge >= 0.3 is 11.8 Å². The lowest BCUT2D eigenvalue weighted by atomic mass is 10.3. The predicted octanol–water partition coefficient (Wildman–Crippen LogP) is 0.778. The largest absolute Gasteiger partial charge is 0.494 e. The van der Waals surface area contributed by atoms with Gasteiger partial charge in [-0.2, -0.15) is 0 Å². The van der Waals surface area contributed by atoms with Crippen LogP contribution in [0.3, 0.4) is 0 Å². The topological polar surface area (TPSA) is 73.9 Å². The Morgan fingerprint density at radius 3 is 2.40 bits per heavy atom. The minimum absolute atomic E-state index is 0.502. The second kappa shape index (κ2) is 10.0. The first-order valence-corrected chi connectivity index (χ1v) is 8.81. The molecule has 0 radical (unpaired) electrons. The Hall–Kier alpha value is -2.12. The van der Waals surface area contributed by atoms with Crippen molar-refractivity contribution in [1.82, 2.24) is 15.1 Å². The van der Waals surface area contributed by atoms with E-state index in [0.717, 1.165) is 44.9 Å². The number of ether oxygens (including phenoxy) is 1. The van der Waals surface area contributed by atoms with Crippen LogP contribution in [0.15, 0.2) is 24.3 Å². The van der Waals surface area contributed by atoms with E-state index in [1.165, 1.54) is 0 Å². The Kier molecular flexibility index (Phi) is 7.69. The van der Waals surface area contributed by atoms with Crippen LogP contribution >= 0.6 is 0 Å². The van der Waals surface area contributed by atoms with Crippen LogP contribution < -0.4 is 15.4 Å². The summed E-state index contributed by atoms with van der Waals surface area (Å²) in [5.74, 6) is -0.523. The second-order valence-corrected chi connectivity index (χ2v) is 6.17. The van der Waals surface area contributed by atoms with Crippen molar-refractivity contribution in [3.05, 3.63) is 24.3 Å². The fourth-order valence-corrected chi connectivity index (χ4v) is 2.65. The highest BCUT2D eigenvalue weighted by atomic mass is 16.5. The fraction of sp³-hybridized carbons (Fsp3) is 0.556. The van der Waals surface area contributed by atoms with Gasteiger partial charge in [-0.1, -0.05) is 0 Å². The van der Waals surface area contributed by atoms with Crippen LogP contribution in [0.2, 0.25) is 0 Å². The lowest BCUT2D eigenvalue weighted by Gasteiger charge is -2.32. The molecule has 2 amide bonds. The number of carbonyl (C=O) groups excluding carboxylic acids is 2. The molecule has 0 atom stereocenters. The van der Waals surface area contributed by atoms with Crippen LogP contribution in [0.4, 0.5) is 5.69 Å². The molecule has 1 aromatic carbocycles. The average molecular weight is 348 g/mol. The summed E-state index contributed by atoms with van der Waals surface area (Å²) in [6.07, 6.45) is 0.839. The zero-order chi connectivity index (χ0) is 18.1. The van der Waals surface area contributed by atoms with E-state index in [1.807, 2.05) is 6.92 Å². The van der Waals surface area contributed by atoms with Gasteiger partial charge in [0.2, 0.25) is 0 Å². The number of carbonyl (C=O) groups is 2. The van der Waals surface area contributed by atoms with Crippen molar-refractivity contribution in [2.24, 2.45) is 0 Å². The van der Waals surface area contributed by atoms with Crippen molar-refractivity contribution in [2.45, 2.75) is 13.3 Å². The predicted molar refractivity (Wildman–Crippen MR) is 97.8 cm³/mol. The normalized spacial score (nSPS) is 15.6. The van der Waals surface area contributed by atoms with Gasteiger partial charge in [0, 0.05) is 38.4 Å². The molecule has 1 fully saturated rings. The Labute approximate surface area is 149 Å². The molecule has 2 rings (SSSR count). The van der Waals surface area contributed by atoms with Crippen LogP contribution in [-0.2, 0) is 9.59 Å². The second-order valence-electron chi connectivity index (χ2n) is 6.17. The molecular weight excluding hydrogens is 320 g/mol. The first-order chi connectivity index (χ1) is 12.1. The van der Waals surface area contributed by atoms with Gasteiger partial charge < -0.3 is 25.2 Å². The molecule has 7 nitrogen and oxygen atoms in total. The highest BCUT2D eigenvalue weighted by molar-refractivity contribution is 6.39. The van der Waals surface area contributed by atoms with E-state index < -0.39 is 11.8 Å². The summed E-state index contributed by atoms with van der Waals surface area (Å²) >= 11 is 0. The van der Waals surface area contributed by atoms with E-state index in [1.54, 1.807) is 24.3 Å². The maximum Gasteiger partial charge on any atom is 0.313 e. The smallest absolute Gasteiger partial charge is 0.313 e. The summed E-state index contributed by atoms with van der Waals surface area (Å²) in [6.45, 7) is 8.21. The fourth-order valence-electron chi connectivity index (χ4n) is 2.65. The highest BCUT2D eigenvalue weighted by Gasteiger charge is 2.15. The van der Waals surface area contributed by atoms with E-state index in [9.17, 15) is 9.59 Å². The minimum Gasteiger partial charge on any atom is -0.494 e. The Balaban J connectivity index is 1.63. The number of hydrogen-bond acceptors (Lipinski definition) is 5. The molecule has 25 heavy (non-hydrogen) atoms. The molecule has 138 valence electrons. The summed E-state index contributed by atoms with van der Waals surface area (Å²) in [7, 11) is 2.13. The van der Waals surface area contributed by atoms with E-state index in [0.29, 0.717) is 18.8 Å². The average Bonchev–Trinajstić information content (AvgIpc) is 2.62. The van der Waals surface area contributed by atoms with Gasteiger partial charge in [0.15, 0.2) is 0 Å². The Morgan fingerprint density at radius 1 is 1.08 bits per heavy atom. The minimum atomic E-state index is -0.649. The molecule has 1 aliphatic rings. The zero-order valence-corrected chi connectivity index (χ0v) is 15.1. The van der Waals surface area contributed by atoms with Gasteiger partial charge in [0.05, 0.1) is 6.61 Å². The van der Waals surface area contributed by atoms with Crippen molar-refractivity contribution in [2.75, 3.05) is 58.2 Å². The maximum absolute atomic E-state index is 11.9. The zero-order valence-electron chi connectivity index (χ0n) is 15.1. The third-order valence-electron chi connectivity index (χ3n) is 4.16. The molecule has 0 spiro atoms. The first kappa shape index (κ1) is 19.2. The van der Waals surface area contributed by atoms with Crippen molar-refractivity contribution >= 4 is 17.5 Å². The maximum atomic E-state index is 11.9. The van der Waals surface area contributed by atoms with Gasteiger partial charge in [-0.05, 0) is 51.2 Å². The molecule has 1 saturated heterocycles. The van der Waals surface area contributed by atoms with Gasteiger partial charge in [-0.3, -0.25) is 9.59 Å². The first-order valence-electron chi connectivity index (χ1n) is 8.81. The summed E-state index contributed by atoms with van der Waals surface area (Å²) in [5, 5.41) is 5.25. The van der Waals surface area contributed by atoms with E-state index in [-0.39, 0.29) is 0 Å². The summed E-state index contributed by atoms with van der Waals surface area (Å²) < 4.78 is 5.34. The molecule has 1 aromatic rings. The third kappa shape index (κ3) is 6.72. The molecule has 1 aliphatic heterocycles. The number of piperazine rings is 1. The molecule has 0 bridgehead atoms. The number of amides is 2. The van der Waals surface area contributed by atoms with Crippen molar-refractivity contribution in [1.29, 1.82) is 0 Å². The summed E-state index contributed by atoms with van der Waals surface area (Å²) in [5.41, 5.74) is 0.570. The summed E-state index contributed by atoms with van der Waals surface area (Å²) in [4.78, 5) is 28.4. The molecule has 0 saturated carbocycles. The van der Waals surface area contributed by atoms with Crippen LogP contribution in [0, 0.1) is 0 Å². The lowest BCUT2D eigenvalue weighted by Crippen LogP contribution is -2.45. The molecule has 0 unspecified atom stereocenters. The summed E-state index contributed by atoms with van der Waals surface area (Å²) in [6, 6.07) is 6.94. The molecule has 0 aliphatic carbocycles. The SMILES string of the molecule is CCOc1ccc(NC(=O)C(=O)NCCCN2CCN(C)CC2)cc1. The van der Waals surface area contributed by atoms with Crippen molar-refractivity contribution in [3.8, 4) is 5.75 Å². The lowest BCUT2D eigenvalue weighted by molar-refractivity contribution is -0.136. The quantitative estimate of drug-likeness (QED) is 0.563. The highest BCUT2D eigenvalue weighted by Crippen LogP contribution is 2.15. The number of likely N-dealkylation sites (N-methyl/N-ethyl adjacent to an activating group) is 1. The monoisotopic (exact) mass is 348 g/mol. The van der Waals surface area contributed by atoms with Crippen LogP contribution in [0.5, 0.6) is 5.75 Å². The Morgan fingerprint density at radius 2 is 1.76 bits per heavy atom. The van der Waals surface area contributed by atoms with Crippen LogP contribution in [-0.4, -0.2) is 74.5 Å². The number of hydrogen-bond donors (Lipinski definition) is 2. The Bertz CT molecular complexity index is 554. The van der Waals surface area contributed by atoms with E-state index in [2.05, 4.69) is 27.5 Å². The van der Waals surface area contributed by atoms with E-state index >= 15 is 0 Å². The van der Waals surface area contributed by atoms with Crippen molar-refractivity contribution in [3.63, 3.8) is 0 Å². The molecule has 0 aromatic heterocycles. The molecular formula is C18H28N4O3. The molecule has 2 N–H and O–H groups in total. The van der Waals surface area contributed by atoms with Gasteiger partial charge in [-0.15, -0.1) is 0 Å². The van der Waals surface area contributed by atoms with Gasteiger partial charge in [0.1, 0.15) is 5.75 Å². The standard InChI is InChI=1S/C18H28N4O3/c1-3-25-16-7-5-15(6-8-16)20-18(24)17(23)19-9-4-10-22-13-11-21(2)12-14-22/h5-8H,3-4,9-14H2,1-2H3,(H,19,23)(H,20,24). The number of rotatable bonds is 7. The van der Waals surface area contributed by atoms with Gasteiger partial charge in [-0.25, -0.2) is 0 Å². The van der Waals surface area contributed by atoms with Crippen LogP contribution in [0.25, 0.3) is 0 Å². The van der Waals surface area contributed by atoms with E-state index in [4.69, 9.17) is 4.74 Å². The number of anilines is 1. The third-order valence-corrected chi connectivity index (χ3v) is 4.16. The molecule has 7 heteroatoms. The number of nitrogens with one attached hydrogen (secondary N) is 2. The van der Waals surface area contributed by atoms with Crippen molar-refractivity contribution < 1.29 is 14.3 Å². The number of nitrogens with zero attached hydrogens (tertiary/aromatic N) is 2.